The van der Waals surface area contributed by atoms with E-state index in [4.69, 9.17) is 28.8 Å². The quantitative estimate of drug-likeness (QED) is 0.356. The van der Waals surface area contributed by atoms with E-state index >= 15 is 0 Å². The van der Waals surface area contributed by atoms with Gasteiger partial charge in [-0.2, -0.15) is 5.10 Å². The number of nitrogens with zero attached hydrogens (tertiary/aromatic N) is 3. The summed E-state index contributed by atoms with van der Waals surface area (Å²) in [6.07, 6.45) is 0.565. The molecule has 2 aliphatic rings. The number of fused-ring (bicyclic) bond motifs is 1. The molecule has 1 unspecified atom stereocenters. The Hall–Kier alpha value is -4.47. The number of non-ortho nitro benzene ring substituents is 1. The molecule has 3 aromatic carbocycles. The number of hydrazone groups is 1. The molecule has 2 aliphatic heterocycles. The Balaban J connectivity index is 1.58. The van der Waals surface area contributed by atoms with Crippen molar-refractivity contribution in [3.63, 3.8) is 0 Å². The van der Waals surface area contributed by atoms with Crippen LogP contribution in [0.1, 0.15) is 23.6 Å². The Kier molecular flexibility index (Phi) is 5.77. The van der Waals surface area contributed by atoms with Gasteiger partial charge in [0.2, 0.25) is 12.5 Å². The van der Waals surface area contributed by atoms with Crippen molar-refractivity contribution in [1.29, 1.82) is 0 Å². The van der Waals surface area contributed by atoms with Crippen molar-refractivity contribution < 1.29 is 28.6 Å². The molecule has 0 aliphatic carbocycles. The van der Waals surface area contributed by atoms with Crippen molar-refractivity contribution in [1.82, 2.24) is 0 Å². The second kappa shape index (κ2) is 9.05. The molecule has 0 N–H and O–H groups in total. The van der Waals surface area contributed by atoms with Gasteiger partial charge in [-0.3, -0.25) is 15.1 Å². The number of hydrogen-bond donors (Lipinski definition) is 0. The highest BCUT2D eigenvalue weighted by atomic mass is 16.7. The number of hydrogen-bond acceptors (Lipinski definition) is 9. The molecule has 5 rings (SSSR count). The summed E-state index contributed by atoms with van der Waals surface area (Å²) >= 11 is 0. The Morgan fingerprint density at radius 3 is 2.26 bits per heavy atom. The van der Waals surface area contributed by atoms with Crippen LogP contribution in [0.4, 0.5) is 11.4 Å². The first-order chi connectivity index (χ1) is 17.0. The molecule has 3 aromatic rings. The number of anilines is 1. The van der Waals surface area contributed by atoms with Crippen molar-refractivity contribution in [3.05, 3.63) is 75.8 Å². The smallest absolute Gasteiger partial charge is 0.269 e. The minimum Gasteiger partial charge on any atom is -0.493 e. The van der Waals surface area contributed by atoms with Gasteiger partial charge in [0.15, 0.2) is 23.0 Å². The van der Waals surface area contributed by atoms with Gasteiger partial charge in [-0.1, -0.05) is 0 Å². The summed E-state index contributed by atoms with van der Waals surface area (Å²) in [6.45, 7) is 0.189. The molecule has 35 heavy (non-hydrogen) atoms. The van der Waals surface area contributed by atoms with Gasteiger partial charge in [0, 0.05) is 24.1 Å². The Morgan fingerprint density at radius 2 is 1.63 bits per heavy atom. The Morgan fingerprint density at radius 1 is 0.943 bits per heavy atom. The summed E-state index contributed by atoms with van der Waals surface area (Å²) in [5.41, 5.74) is 3.34. The zero-order chi connectivity index (χ0) is 24.5. The summed E-state index contributed by atoms with van der Waals surface area (Å²) in [5, 5.41) is 17.9. The summed E-state index contributed by atoms with van der Waals surface area (Å²) in [6, 6.07) is 15.6. The Labute approximate surface area is 201 Å². The van der Waals surface area contributed by atoms with Crippen molar-refractivity contribution in [2.75, 3.05) is 33.1 Å². The van der Waals surface area contributed by atoms with Crippen molar-refractivity contribution in [2.24, 2.45) is 5.10 Å². The lowest BCUT2D eigenvalue weighted by Gasteiger charge is -2.25. The topological polar surface area (TPSA) is 105 Å². The van der Waals surface area contributed by atoms with Crippen LogP contribution in [-0.4, -0.2) is 38.8 Å². The minimum absolute atomic E-state index is 0.0113. The maximum Gasteiger partial charge on any atom is 0.269 e. The second-order valence-electron chi connectivity index (χ2n) is 7.91. The molecule has 1 atom stereocenters. The minimum atomic E-state index is -0.425. The highest BCUT2D eigenvalue weighted by molar-refractivity contribution is 6.03. The third-order valence-electron chi connectivity index (χ3n) is 6.01. The fraction of sp³-hybridized carbons (Fsp3) is 0.240. The highest BCUT2D eigenvalue weighted by Crippen LogP contribution is 2.45. The number of benzene rings is 3. The first-order valence-corrected chi connectivity index (χ1v) is 10.8. The predicted octanol–water partition coefficient (Wildman–Crippen LogP) is 4.71. The van der Waals surface area contributed by atoms with E-state index in [9.17, 15) is 10.1 Å². The number of nitro groups is 1. The van der Waals surface area contributed by atoms with E-state index in [1.807, 2.05) is 35.3 Å². The number of ether oxygens (including phenoxy) is 5. The maximum atomic E-state index is 11.2. The fourth-order valence-electron chi connectivity index (χ4n) is 4.28. The predicted molar refractivity (Wildman–Crippen MR) is 128 cm³/mol. The SMILES string of the molecule is COc1cc(C2CC(c3ccc4c(c3)OCO4)=NN2c2ccc([N+](=O)[O-])cc2)cc(OC)c1OC. The van der Waals surface area contributed by atoms with Crippen LogP contribution < -0.4 is 28.7 Å². The lowest BCUT2D eigenvalue weighted by molar-refractivity contribution is -0.384. The monoisotopic (exact) mass is 477 g/mol. The van der Waals surface area contributed by atoms with E-state index in [0.717, 1.165) is 16.8 Å². The first-order valence-electron chi connectivity index (χ1n) is 10.8. The molecule has 0 spiro atoms. The van der Waals surface area contributed by atoms with Gasteiger partial charge in [-0.25, -0.2) is 0 Å². The van der Waals surface area contributed by atoms with Crippen molar-refractivity contribution >= 4 is 17.1 Å². The van der Waals surface area contributed by atoms with Crippen LogP contribution in [0, 0.1) is 10.1 Å². The van der Waals surface area contributed by atoms with Crippen molar-refractivity contribution in [2.45, 2.75) is 12.5 Å². The van der Waals surface area contributed by atoms with E-state index in [1.54, 1.807) is 33.5 Å². The van der Waals surface area contributed by atoms with Gasteiger partial charge in [0.25, 0.3) is 5.69 Å². The molecule has 0 fully saturated rings. The van der Waals surface area contributed by atoms with E-state index in [-0.39, 0.29) is 18.5 Å². The zero-order valence-electron chi connectivity index (χ0n) is 19.4. The summed E-state index contributed by atoms with van der Waals surface area (Å²) in [4.78, 5) is 10.7. The van der Waals surface area contributed by atoms with Gasteiger partial charge in [-0.05, 0) is 48.0 Å². The van der Waals surface area contributed by atoms with Crippen LogP contribution in [0.5, 0.6) is 28.7 Å². The lowest BCUT2D eigenvalue weighted by Crippen LogP contribution is -2.18. The Bertz CT molecular complexity index is 1280. The summed E-state index contributed by atoms with van der Waals surface area (Å²) in [5.74, 6) is 2.92. The second-order valence-corrected chi connectivity index (χ2v) is 7.91. The molecular formula is C25H23N3O7. The van der Waals surface area contributed by atoms with Gasteiger partial charge >= 0.3 is 0 Å². The van der Waals surface area contributed by atoms with Crippen molar-refractivity contribution in [3.8, 4) is 28.7 Å². The molecular weight excluding hydrogens is 454 g/mol. The van der Waals surface area contributed by atoms with E-state index in [1.165, 1.54) is 12.1 Å². The molecule has 0 amide bonds. The molecule has 0 bridgehead atoms. The lowest BCUT2D eigenvalue weighted by atomic mass is 9.97. The van der Waals surface area contributed by atoms with Gasteiger partial charge in [-0.15, -0.1) is 0 Å². The zero-order valence-corrected chi connectivity index (χ0v) is 19.4. The van der Waals surface area contributed by atoms with Gasteiger partial charge < -0.3 is 23.7 Å². The fourth-order valence-corrected chi connectivity index (χ4v) is 4.28. The summed E-state index contributed by atoms with van der Waals surface area (Å²) < 4.78 is 27.6. The average Bonchev–Trinajstić information content (AvgIpc) is 3.54. The van der Waals surface area contributed by atoms with E-state index in [0.29, 0.717) is 40.9 Å². The molecule has 10 heteroatoms. The van der Waals surface area contributed by atoms with Gasteiger partial charge in [0.1, 0.15) is 0 Å². The number of methoxy groups -OCH3 is 3. The standard InChI is InChI=1S/C25H23N3O7/c1-31-23-11-16(12-24(32-2)25(23)33-3)20-13-19(15-4-9-21-22(10-15)35-14-34-21)26-27(20)17-5-7-18(8-6-17)28(29)30/h4-12,20H,13-14H2,1-3H3. The molecule has 0 saturated heterocycles. The molecule has 0 radical (unpaired) electrons. The average molecular weight is 477 g/mol. The third kappa shape index (κ3) is 4.03. The molecule has 2 heterocycles. The number of rotatable bonds is 7. The molecule has 0 saturated carbocycles. The van der Waals surface area contributed by atoms with Crippen LogP contribution >= 0.6 is 0 Å². The van der Waals surface area contributed by atoms with E-state index in [2.05, 4.69) is 0 Å². The largest absolute Gasteiger partial charge is 0.493 e. The van der Waals surface area contributed by atoms with Crippen LogP contribution in [0.25, 0.3) is 0 Å². The van der Waals surface area contributed by atoms with Crippen LogP contribution in [0.3, 0.4) is 0 Å². The van der Waals surface area contributed by atoms with Crippen LogP contribution in [0.15, 0.2) is 59.7 Å². The van der Waals surface area contributed by atoms with Crippen LogP contribution in [-0.2, 0) is 0 Å². The molecule has 180 valence electrons. The highest BCUT2D eigenvalue weighted by Gasteiger charge is 2.32. The van der Waals surface area contributed by atoms with Crippen LogP contribution in [0.2, 0.25) is 0 Å². The van der Waals surface area contributed by atoms with E-state index < -0.39 is 4.92 Å². The number of nitro benzene ring substituents is 1. The first kappa shape index (κ1) is 22.3. The third-order valence-corrected chi connectivity index (χ3v) is 6.01. The normalized spacial score (nSPS) is 16.1. The summed E-state index contributed by atoms with van der Waals surface area (Å²) in [7, 11) is 4.69. The maximum absolute atomic E-state index is 11.2. The van der Waals surface area contributed by atoms with Gasteiger partial charge in [0.05, 0.1) is 43.7 Å². The molecule has 0 aromatic heterocycles. The molecule has 10 nitrogen and oxygen atoms in total.